The Morgan fingerprint density at radius 3 is 2.79 bits per heavy atom. The molecule has 0 aliphatic rings. The maximum absolute atomic E-state index is 12.7. The number of nitrogens with zero attached hydrogens (tertiary/aromatic N) is 2. The molecule has 0 saturated heterocycles. The average molecular weight is 414 g/mol. The first kappa shape index (κ1) is 18.3. The highest BCUT2D eigenvalue weighted by atomic mass is 35.5. The van der Waals surface area contributed by atoms with Gasteiger partial charge in [0.1, 0.15) is 11.3 Å². The van der Waals surface area contributed by atoms with Gasteiger partial charge in [-0.05, 0) is 36.4 Å². The summed E-state index contributed by atoms with van der Waals surface area (Å²) in [5, 5.41) is 3.51. The van der Waals surface area contributed by atoms with Crippen LogP contribution in [0.3, 0.4) is 0 Å². The predicted molar refractivity (Wildman–Crippen MR) is 108 cm³/mol. The van der Waals surface area contributed by atoms with E-state index < -0.39 is 5.91 Å². The van der Waals surface area contributed by atoms with Crippen LogP contribution in [-0.4, -0.2) is 23.0 Å². The van der Waals surface area contributed by atoms with E-state index in [-0.39, 0.29) is 5.56 Å². The lowest BCUT2D eigenvalue weighted by atomic mass is 10.1. The van der Waals surface area contributed by atoms with Crippen molar-refractivity contribution in [3.63, 3.8) is 0 Å². The summed E-state index contributed by atoms with van der Waals surface area (Å²) in [5.74, 6) is 0.472. The number of aromatic nitrogens is 2. The number of carbonyl (C=O) groups excluding carboxylic acids is 1. The molecule has 0 fully saturated rings. The molecule has 4 rings (SSSR count). The number of benzene rings is 2. The Kier molecular flexibility index (Phi) is 4.90. The van der Waals surface area contributed by atoms with E-state index in [0.717, 1.165) is 0 Å². The summed E-state index contributed by atoms with van der Waals surface area (Å²) in [7, 11) is 1.52. The number of halogens is 2. The molecule has 8 heteroatoms. The number of oxazole rings is 1. The van der Waals surface area contributed by atoms with Crippen molar-refractivity contribution in [2.75, 3.05) is 12.4 Å². The molecule has 140 valence electrons. The quantitative estimate of drug-likeness (QED) is 0.480. The Balaban J connectivity index is 1.71. The van der Waals surface area contributed by atoms with Crippen molar-refractivity contribution in [3.05, 3.63) is 70.5 Å². The molecular formula is C20H13Cl2N3O3. The molecule has 28 heavy (non-hydrogen) atoms. The Labute approximate surface area is 170 Å². The van der Waals surface area contributed by atoms with Crippen LogP contribution in [0, 0.1) is 0 Å². The lowest BCUT2D eigenvalue weighted by molar-refractivity contribution is 0.102. The second-order valence-corrected chi connectivity index (χ2v) is 6.70. The predicted octanol–water partition coefficient (Wildman–Crippen LogP) is 5.46. The number of rotatable bonds is 4. The number of pyridine rings is 1. The second-order valence-electron chi connectivity index (χ2n) is 5.86. The summed E-state index contributed by atoms with van der Waals surface area (Å²) in [5.41, 5.74) is 2.64. The van der Waals surface area contributed by atoms with E-state index >= 15 is 0 Å². The molecule has 0 saturated carbocycles. The van der Waals surface area contributed by atoms with Gasteiger partial charge >= 0.3 is 0 Å². The van der Waals surface area contributed by atoms with E-state index in [9.17, 15) is 4.79 Å². The van der Waals surface area contributed by atoms with Gasteiger partial charge in [0.15, 0.2) is 5.58 Å². The van der Waals surface area contributed by atoms with E-state index in [0.29, 0.717) is 44.0 Å². The summed E-state index contributed by atoms with van der Waals surface area (Å²) in [6.07, 6.45) is 3.25. The topological polar surface area (TPSA) is 77.2 Å². The zero-order valence-corrected chi connectivity index (χ0v) is 16.1. The monoisotopic (exact) mass is 413 g/mol. The first-order chi connectivity index (χ1) is 13.5. The fourth-order valence-corrected chi connectivity index (χ4v) is 3.08. The van der Waals surface area contributed by atoms with Gasteiger partial charge in [-0.3, -0.25) is 9.78 Å². The molecule has 2 aromatic carbocycles. The van der Waals surface area contributed by atoms with Gasteiger partial charge in [0, 0.05) is 22.8 Å². The van der Waals surface area contributed by atoms with Crippen LogP contribution in [0.5, 0.6) is 5.75 Å². The molecule has 2 aromatic heterocycles. The van der Waals surface area contributed by atoms with Crippen molar-refractivity contribution in [1.29, 1.82) is 0 Å². The summed E-state index contributed by atoms with van der Waals surface area (Å²) >= 11 is 12.1. The van der Waals surface area contributed by atoms with Crippen molar-refractivity contribution in [1.82, 2.24) is 9.97 Å². The maximum Gasteiger partial charge on any atom is 0.257 e. The van der Waals surface area contributed by atoms with Crippen LogP contribution in [-0.2, 0) is 0 Å². The number of methoxy groups -OCH3 is 1. The van der Waals surface area contributed by atoms with E-state index in [2.05, 4.69) is 15.3 Å². The molecule has 0 bridgehead atoms. The Morgan fingerprint density at radius 1 is 1.14 bits per heavy atom. The van der Waals surface area contributed by atoms with Gasteiger partial charge in [-0.25, -0.2) is 4.98 Å². The van der Waals surface area contributed by atoms with E-state index in [1.165, 1.54) is 13.2 Å². The smallest absolute Gasteiger partial charge is 0.257 e. The largest absolute Gasteiger partial charge is 0.495 e. The van der Waals surface area contributed by atoms with Crippen LogP contribution in [0.25, 0.3) is 22.6 Å². The van der Waals surface area contributed by atoms with Gasteiger partial charge in [-0.15, -0.1) is 0 Å². The molecule has 6 nitrogen and oxygen atoms in total. The Bertz CT molecular complexity index is 1160. The normalized spacial score (nSPS) is 10.8. The minimum Gasteiger partial charge on any atom is -0.495 e. The fourth-order valence-electron chi connectivity index (χ4n) is 2.70. The summed E-state index contributed by atoms with van der Waals surface area (Å²) in [6.45, 7) is 0. The average Bonchev–Trinajstić information content (AvgIpc) is 3.14. The van der Waals surface area contributed by atoms with Gasteiger partial charge in [0.2, 0.25) is 5.89 Å². The van der Waals surface area contributed by atoms with Crippen LogP contribution in [0.1, 0.15) is 10.4 Å². The number of hydrogen-bond acceptors (Lipinski definition) is 5. The minimum absolute atomic E-state index is 0.259. The first-order valence-corrected chi connectivity index (χ1v) is 8.96. The van der Waals surface area contributed by atoms with E-state index in [1.54, 1.807) is 48.8 Å². The van der Waals surface area contributed by atoms with Gasteiger partial charge < -0.3 is 14.5 Å². The Hall–Kier alpha value is -3.09. The maximum atomic E-state index is 12.7. The van der Waals surface area contributed by atoms with Crippen molar-refractivity contribution in [2.24, 2.45) is 0 Å². The highest BCUT2D eigenvalue weighted by Crippen LogP contribution is 2.32. The zero-order valence-electron chi connectivity index (χ0n) is 14.6. The summed E-state index contributed by atoms with van der Waals surface area (Å²) in [6, 6.07) is 11.6. The lowest BCUT2D eigenvalue weighted by Crippen LogP contribution is -2.13. The molecule has 4 aromatic rings. The van der Waals surface area contributed by atoms with Gasteiger partial charge in [-0.1, -0.05) is 23.2 Å². The van der Waals surface area contributed by atoms with Gasteiger partial charge in [0.05, 0.1) is 29.6 Å². The molecule has 0 atom stereocenters. The van der Waals surface area contributed by atoms with Crippen molar-refractivity contribution < 1.29 is 13.9 Å². The van der Waals surface area contributed by atoms with Crippen LogP contribution < -0.4 is 10.1 Å². The SMILES string of the molecule is COc1ccc(-c2nc3cnccc3o2)cc1NC(=O)c1cc(Cl)ccc1Cl. The molecule has 0 aliphatic carbocycles. The number of anilines is 1. The summed E-state index contributed by atoms with van der Waals surface area (Å²) in [4.78, 5) is 21.1. The number of hydrogen-bond donors (Lipinski definition) is 1. The molecule has 0 radical (unpaired) electrons. The third kappa shape index (κ3) is 3.52. The van der Waals surface area contributed by atoms with Gasteiger partial charge in [0.25, 0.3) is 5.91 Å². The molecule has 0 aliphatic heterocycles. The van der Waals surface area contributed by atoms with Crippen molar-refractivity contribution in [3.8, 4) is 17.2 Å². The van der Waals surface area contributed by atoms with Gasteiger partial charge in [-0.2, -0.15) is 0 Å². The van der Waals surface area contributed by atoms with Crippen molar-refractivity contribution >= 4 is 45.9 Å². The van der Waals surface area contributed by atoms with E-state index in [4.69, 9.17) is 32.4 Å². The van der Waals surface area contributed by atoms with E-state index in [1.807, 2.05) is 0 Å². The standard InChI is InChI=1S/C20H13Cl2N3O3/c1-27-17-5-2-11(20-25-16-10-23-7-6-18(16)28-20)8-15(17)24-19(26)13-9-12(21)3-4-14(13)22/h2-10H,1H3,(H,24,26). The number of fused-ring (bicyclic) bond motifs is 1. The van der Waals surface area contributed by atoms with Crippen LogP contribution in [0.2, 0.25) is 10.0 Å². The number of ether oxygens (including phenoxy) is 1. The van der Waals surface area contributed by atoms with Crippen LogP contribution in [0.4, 0.5) is 5.69 Å². The third-order valence-corrected chi connectivity index (χ3v) is 4.62. The highest BCUT2D eigenvalue weighted by Gasteiger charge is 2.16. The Morgan fingerprint density at radius 2 is 2.00 bits per heavy atom. The second kappa shape index (κ2) is 7.50. The molecule has 2 heterocycles. The number of nitrogens with one attached hydrogen (secondary N) is 1. The van der Waals surface area contributed by atoms with Crippen LogP contribution >= 0.6 is 23.2 Å². The molecule has 0 spiro atoms. The number of amides is 1. The third-order valence-electron chi connectivity index (χ3n) is 4.06. The lowest BCUT2D eigenvalue weighted by Gasteiger charge is -2.12. The van der Waals surface area contributed by atoms with Crippen LogP contribution in [0.15, 0.2) is 59.3 Å². The minimum atomic E-state index is -0.412. The molecule has 1 N–H and O–H groups in total. The number of carbonyl (C=O) groups is 1. The summed E-state index contributed by atoms with van der Waals surface area (Å²) < 4.78 is 11.1. The molecular weight excluding hydrogens is 401 g/mol. The molecule has 0 unspecified atom stereocenters. The first-order valence-electron chi connectivity index (χ1n) is 8.20. The zero-order chi connectivity index (χ0) is 19.7. The van der Waals surface area contributed by atoms with Crippen molar-refractivity contribution in [2.45, 2.75) is 0 Å². The highest BCUT2D eigenvalue weighted by molar-refractivity contribution is 6.36. The molecule has 1 amide bonds. The fraction of sp³-hybridized carbons (Fsp3) is 0.0500.